The second-order valence-corrected chi connectivity index (χ2v) is 4.74. The Hall–Kier alpha value is -1.63. The van der Waals surface area contributed by atoms with E-state index in [1.807, 2.05) is 30.8 Å². The Balaban J connectivity index is 2.61. The maximum Gasteiger partial charge on any atom is 0.215 e. The minimum absolute atomic E-state index is 0.187. The molecule has 1 heterocycles. The molecule has 0 bridgehead atoms. The van der Waals surface area contributed by atoms with Crippen molar-refractivity contribution >= 4 is 0 Å². The summed E-state index contributed by atoms with van der Waals surface area (Å²) in [4.78, 5) is 0. The molecule has 1 heteroatoms. The highest BCUT2D eigenvalue weighted by Gasteiger charge is 2.16. The molecule has 0 fully saturated rings. The summed E-state index contributed by atoms with van der Waals surface area (Å²) in [5, 5.41) is 0. The first kappa shape index (κ1) is 7.73. The minimum Gasteiger partial charge on any atom is -0.201 e. The Bertz CT molecular complexity index is 747. The van der Waals surface area contributed by atoms with E-state index in [1.165, 1.54) is 5.56 Å². The standard InChI is InChI=1S/C17H22N/c1-6-15-7-8-16(13(3)11-15)17-14(4)12(2)9-10-18(17)5/h7-11H,6H2,1-5H3/q+1/i1D3,6D2. The van der Waals surface area contributed by atoms with Gasteiger partial charge in [0.2, 0.25) is 5.69 Å². The number of pyridine rings is 1. The molecular formula is C17H22N+. The monoisotopic (exact) mass is 245 g/mol. The molecule has 1 aromatic carbocycles. The quantitative estimate of drug-likeness (QED) is 0.711. The molecular weight excluding hydrogens is 218 g/mol. The number of aryl methyl sites for hydroxylation is 4. The van der Waals surface area contributed by atoms with Crippen molar-refractivity contribution < 1.29 is 11.4 Å². The summed E-state index contributed by atoms with van der Waals surface area (Å²) >= 11 is 0. The molecule has 0 amide bonds. The number of aromatic nitrogens is 1. The molecule has 0 unspecified atom stereocenters. The van der Waals surface area contributed by atoms with Gasteiger partial charge in [-0.25, -0.2) is 4.57 Å². The van der Waals surface area contributed by atoms with Gasteiger partial charge in [-0.2, -0.15) is 0 Å². The van der Waals surface area contributed by atoms with Crippen molar-refractivity contribution in [3.05, 3.63) is 52.7 Å². The predicted octanol–water partition coefficient (Wildman–Crippen LogP) is 3.67. The first-order valence-corrected chi connectivity index (χ1v) is 6.04. The number of nitrogens with zero attached hydrogens (tertiary/aromatic N) is 1. The minimum atomic E-state index is -2.69. The molecule has 18 heavy (non-hydrogen) atoms. The van der Waals surface area contributed by atoms with Gasteiger partial charge in [0.05, 0.1) is 0 Å². The first-order chi connectivity index (χ1) is 10.5. The van der Waals surface area contributed by atoms with Crippen molar-refractivity contribution in [2.45, 2.75) is 34.0 Å². The Morgan fingerprint density at radius 1 is 1.17 bits per heavy atom. The summed E-state index contributed by atoms with van der Waals surface area (Å²) in [5.41, 5.74) is 5.43. The maximum atomic E-state index is 7.91. The fraction of sp³-hybridized carbons (Fsp3) is 0.353. The molecule has 1 aromatic heterocycles. The lowest BCUT2D eigenvalue weighted by atomic mass is 9.96. The molecule has 0 saturated heterocycles. The van der Waals surface area contributed by atoms with E-state index >= 15 is 0 Å². The van der Waals surface area contributed by atoms with E-state index in [0.29, 0.717) is 0 Å². The van der Waals surface area contributed by atoms with E-state index in [-0.39, 0.29) is 5.56 Å². The Labute approximate surface area is 117 Å². The van der Waals surface area contributed by atoms with Gasteiger partial charge in [0, 0.05) is 24.0 Å². The van der Waals surface area contributed by atoms with Gasteiger partial charge in [0.25, 0.3) is 0 Å². The SMILES string of the molecule is [2H]C([2H])([2H])C([2H])([2H])c1ccc(-c2c(C)c(C)cc[n+]2C)c(C)c1. The largest absolute Gasteiger partial charge is 0.215 e. The van der Waals surface area contributed by atoms with Gasteiger partial charge in [-0.15, -0.1) is 0 Å². The molecule has 0 spiro atoms. The second kappa shape index (κ2) is 4.93. The molecule has 0 N–H and O–H groups in total. The molecule has 0 radical (unpaired) electrons. The normalized spacial score (nSPS) is 16.3. The van der Waals surface area contributed by atoms with E-state index in [1.54, 1.807) is 12.1 Å². The van der Waals surface area contributed by atoms with Crippen molar-refractivity contribution in [2.24, 2.45) is 7.05 Å². The van der Waals surface area contributed by atoms with E-state index in [4.69, 9.17) is 6.85 Å². The first-order valence-electron chi connectivity index (χ1n) is 8.54. The van der Waals surface area contributed by atoms with Crippen LogP contribution in [0.5, 0.6) is 0 Å². The predicted molar refractivity (Wildman–Crippen MR) is 76.6 cm³/mol. The Kier molecular flexibility index (Phi) is 2.12. The lowest BCUT2D eigenvalue weighted by molar-refractivity contribution is -0.660. The zero-order valence-corrected chi connectivity index (χ0v) is 11.3. The van der Waals surface area contributed by atoms with Crippen molar-refractivity contribution in [1.82, 2.24) is 0 Å². The number of rotatable bonds is 2. The molecule has 0 atom stereocenters. The van der Waals surface area contributed by atoms with E-state index in [2.05, 4.69) is 19.9 Å². The Morgan fingerprint density at radius 2 is 1.94 bits per heavy atom. The maximum absolute atomic E-state index is 7.91. The lowest BCUT2D eigenvalue weighted by Gasteiger charge is -2.10. The smallest absolute Gasteiger partial charge is 0.201 e. The van der Waals surface area contributed by atoms with Crippen LogP contribution in [0.2, 0.25) is 0 Å². The fourth-order valence-corrected chi connectivity index (χ4v) is 2.27. The molecule has 2 aromatic rings. The zero-order chi connectivity index (χ0) is 17.6. The van der Waals surface area contributed by atoms with Gasteiger partial charge < -0.3 is 0 Å². The van der Waals surface area contributed by atoms with E-state index < -0.39 is 13.2 Å². The van der Waals surface area contributed by atoms with Gasteiger partial charge in [0.15, 0.2) is 6.20 Å². The number of hydrogen-bond acceptors (Lipinski definition) is 0. The molecule has 0 aliphatic carbocycles. The van der Waals surface area contributed by atoms with Crippen LogP contribution in [-0.4, -0.2) is 0 Å². The topological polar surface area (TPSA) is 3.88 Å². The van der Waals surface area contributed by atoms with Gasteiger partial charge in [0.1, 0.15) is 7.05 Å². The highest BCUT2D eigenvalue weighted by atomic mass is 14.9. The van der Waals surface area contributed by atoms with Crippen LogP contribution in [0.3, 0.4) is 0 Å². The van der Waals surface area contributed by atoms with Gasteiger partial charge in [-0.1, -0.05) is 19.0 Å². The summed E-state index contributed by atoms with van der Waals surface area (Å²) in [7, 11) is 1.97. The molecule has 0 aliphatic rings. The van der Waals surface area contributed by atoms with Crippen LogP contribution in [-0.2, 0) is 13.4 Å². The van der Waals surface area contributed by atoms with Crippen LogP contribution in [0, 0.1) is 20.8 Å². The third kappa shape index (κ3) is 2.17. The molecule has 2 rings (SSSR count). The average Bonchev–Trinajstić information content (AvgIpc) is 2.43. The van der Waals surface area contributed by atoms with Gasteiger partial charge in [-0.3, -0.25) is 0 Å². The van der Waals surface area contributed by atoms with Crippen LogP contribution in [0.15, 0.2) is 30.5 Å². The van der Waals surface area contributed by atoms with Crippen LogP contribution >= 0.6 is 0 Å². The summed E-state index contributed by atoms with van der Waals surface area (Å²) in [6.45, 7) is 3.30. The van der Waals surface area contributed by atoms with Gasteiger partial charge in [-0.05, 0) is 49.9 Å². The van der Waals surface area contributed by atoms with Crippen LogP contribution in [0.25, 0.3) is 11.3 Å². The highest BCUT2D eigenvalue weighted by molar-refractivity contribution is 5.65. The third-order valence-electron chi connectivity index (χ3n) is 3.47. The van der Waals surface area contributed by atoms with Crippen LogP contribution in [0.4, 0.5) is 0 Å². The van der Waals surface area contributed by atoms with Gasteiger partial charge >= 0.3 is 0 Å². The van der Waals surface area contributed by atoms with Crippen molar-refractivity contribution in [2.75, 3.05) is 0 Å². The van der Waals surface area contributed by atoms with Crippen molar-refractivity contribution in [3.63, 3.8) is 0 Å². The summed E-state index contributed by atoms with van der Waals surface area (Å²) < 4.78 is 40.1. The molecule has 0 saturated carbocycles. The number of hydrogen-bond donors (Lipinski definition) is 0. The van der Waals surface area contributed by atoms with Crippen LogP contribution < -0.4 is 4.57 Å². The fourth-order valence-electron chi connectivity index (χ4n) is 2.27. The second-order valence-electron chi connectivity index (χ2n) is 4.74. The van der Waals surface area contributed by atoms with Crippen molar-refractivity contribution in [1.29, 1.82) is 0 Å². The van der Waals surface area contributed by atoms with Crippen LogP contribution in [0.1, 0.15) is 36.0 Å². The number of benzene rings is 1. The lowest BCUT2D eigenvalue weighted by Crippen LogP contribution is -2.32. The third-order valence-corrected chi connectivity index (χ3v) is 3.47. The van der Waals surface area contributed by atoms with E-state index in [9.17, 15) is 0 Å². The summed E-state index contributed by atoms with van der Waals surface area (Å²) in [5.74, 6) is 0. The van der Waals surface area contributed by atoms with Crippen molar-refractivity contribution in [3.8, 4) is 11.3 Å². The summed E-state index contributed by atoms with van der Waals surface area (Å²) in [6.07, 6.45) is -0.368. The molecule has 0 aliphatic heterocycles. The zero-order valence-electron chi connectivity index (χ0n) is 16.3. The highest BCUT2D eigenvalue weighted by Crippen LogP contribution is 2.25. The summed E-state index contributed by atoms with van der Waals surface area (Å²) in [6, 6.07) is 7.09. The van der Waals surface area contributed by atoms with E-state index in [0.717, 1.165) is 22.4 Å². The molecule has 94 valence electrons. The average molecular weight is 245 g/mol. The molecule has 1 nitrogen and oxygen atoms in total. The Morgan fingerprint density at radius 3 is 2.61 bits per heavy atom.